The van der Waals surface area contributed by atoms with Gasteiger partial charge in [-0.2, -0.15) is 0 Å². The second kappa shape index (κ2) is 13.1. The molecule has 3 nitrogen and oxygen atoms in total. The number of ether oxygens (including phenoxy) is 1. The molecule has 1 amide bonds. The second-order valence-corrected chi connectivity index (χ2v) is 2.14. The Hall–Kier alpha value is -0.570. The van der Waals surface area contributed by atoms with Gasteiger partial charge in [-0.15, -0.1) is 0 Å². The zero-order valence-corrected chi connectivity index (χ0v) is 8.64. The lowest BCUT2D eigenvalue weighted by atomic mass is 10.3. The molecule has 3 heteroatoms. The largest absolute Gasteiger partial charge is 0.375 e. The molecule has 0 aliphatic heterocycles. The molecule has 0 aromatic rings. The minimum absolute atomic E-state index is 0. The Bertz CT molecular complexity index is 99.6. The monoisotopic (exact) mass is 177 g/mol. The Balaban J connectivity index is -0.000000309. The average Bonchev–Trinajstić information content (AvgIpc) is 2.09. The van der Waals surface area contributed by atoms with Crippen LogP contribution in [0.15, 0.2) is 0 Å². The molecular weight excluding hydrogens is 154 g/mol. The predicted octanol–water partition coefficient (Wildman–Crippen LogP) is 1.82. The first kappa shape index (κ1) is 14.0. The molecule has 0 rings (SSSR count). The molecule has 0 saturated carbocycles. The van der Waals surface area contributed by atoms with Crippen LogP contribution in [0, 0.1) is 0 Å². The quantitative estimate of drug-likeness (QED) is 0.650. The van der Waals surface area contributed by atoms with Crippen LogP contribution in [0.1, 0.15) is 35.0 Å². The van der Waals surface area contributed by atoms with Gasteiger partial charge in [0.25, 0.3) is 0 Å². The summed E-state index contributed by atoms with van der Waals surface area (Å²) in [6.45, 7) is 7.02. The van der Waals surface area contributed by atoms with Crippen LogP contribution in [0.2, 0.25) is 0 Å². The molecule has 0 bridgehead atoms. The van der Waals surface area contributed by atoms with Gasteiger partial charge in [0.1, 0.15) is 6.61 Å². The van der Waals surface area contributed by atoms with Gasteiger partial charge in [-0.3, -0.25) is 4.79 Å². The number of hydrogen-bond acceptors (Lipinski definition) is 2. The maximum absolute atomic E-state index is 10.7. The predicted molar refractivity (Wildman–Crippen MR) is 53.3 cm³/mol. The zero-order valence-electron chi connectivity index (χ0n) is 8.64. The molecule has 12 heavy (non-hydrogen) atoms. The lowest BCUT2D eigenvalue weighted by molar-refractivity contribution is -0.124. The first-order chi connectivity index (χ1) is 5.81. The van der Waals surface area contributed by atoms with Gasteiger partial charge in [0, 0.05) is 15.1 Å². The van der Waals surface area contributed by atoms with Crippen molar-refractivity contribution in [1.29, 1.82) is 0 Å². The molecule has 76 valence electrons. The summed E-state index contributed by atoms with van der Waals surface area (Å²) in [7, 11) is 1.51. The molecule has 0 unspecified atom stereocenters. The van der Waals surface area contributed by atoms with Gasteiger partial charge in [0.2, 0.25) is 5.91 Å². The van der Waals surface area contributed by atoms with Crippen molar-refractivity contribution in [2.45, 2.75) is 33.6 Å². The van der Waals surface area contributed by atoms with E-state index in [4.69, 9.17) is 0 Å². The van der Waals surface area contributed by atoms with Crippen molar-refractivity contribution in [2.75, 3.05) is 20.3 Å². The van der Waals surface area contributed by atoms with Crippen LogP contribution in [0.3, 0.4) is 0 Å². The molecule has 0 heterocycles. The van der Waals surface area contributed by atoms with Crippen molar-refractivity contribution in [1.82, 2.24) is 5.32 Å². The van der Waals surface area contributed by atoms with Crippen LogP contribution in [0.4, 0.5) is 0 Å². The van der Waals surface area contributed by atoms with Gasteiger partial charge in [0.15, 0.2) is 0 Å². The topological polar surface area (TPSA) is 38.3 Å². The van der Waals surface area contributed by atoms with Gasteiger partial charge in [-0.1, -0.05) is 27.2 Å². The summed E-state index contributed by atoms with van der Waals surface area (Å²) >= 11 is 0. The Morgan fingerprint density at radius 2 is 2.08 bits per heavy atom. The summed E-state index contributed by atoms with van der Waals surface area (Å²) in [5.41, 5.74) is 0. The van der Waals surface area contributed by atoms with Gasteiger partial charge in [-0.25, -0.2) is 0 Å². The summed E-state index contributed by atoms with van der Waals surface area (Å²) < 4.78 is 4.62. The van der Waals surface area contributed by atoms with Crippen molar-refractivity contribution in [2.24, 2.45) is 0 Å². The van der Waals surface area contributed by atoms with Crippen molar-refractivity contribution in [3.05, 3.63) is 0 Å². The fourth-order valence-electron chi connectivity index (χ4n) is 0.587. The molecule has 1 N–H and O–H groups in total. The molecule has 0 atom stereocenters. The van der Waals surface area contributed by atoms with E-state index in [1.165, 1.54) is 7.11 Å². The summed E-state index contributed by atoms with van der Waals surface area (Å²) in [5.74, 6) is -0.0315. The van der Waals surface area contributed by atoms with E-state index in [0.29, 0.717) is 0 Å². The summed E-state index contributed by atoms with van der Waals surface area (Å²) in [5, 5.41) is 2.72. The summed E-state index contributed by atoms with van der Waals surface area (Å²) in [4.78, 5) is 10.7. The lowest BCUT2D eigenvalue weighted by Crippen LogP contribution is -2.27. The molecule has 0 aromatic carbocycles. The standard InChI is InChI=1S/C7H15NO2.C2H6.H2/c1-3-4-5-8-7(9)6-10-2;1-2;/h3-6H2,1-2H3,(H,8,9);1-2H3;1H. The van der Waals surface area contributed by atoms with Crippen LogP contribution < -0.4 is 5.32 Å². The maximum atomic E-state index is 10.7. The highest BCUT2D eigenvalue weighted by Gasteiger charge is 1.95. The highest BCUT2D eigenvalue weighted by Crippen LogP contribution is 1.81. The van der Waals surface area contributed by atoms with E-state index in [1.807, 2.05) is 13.8 Å². The number of carbonyl (C=O) groups excluding carboxylic acids is 1. The third-order valence-electron chi connectivity index (χ3n) is 1.13. The van der Waals surface area contributed by atoms with Gasteiger partial charge < -0.3 is 10.1 Å². The Morgan fingerprint density at radius 1 is 1.50 bits per heavy atom. The summed E-state index contributed by atoms with van der Waals surface area (Å²) in [6, 6.07) is 0. The smallest absolute Gasteiger partial charge is 0.245 e. The Labute approximate surface area is 77.0 Å². The van der Waals surface area contributed by atoms with Crippen molar-refractivity contribution in [3.8, 4) is 0 Å². The van der Waals surface area contributed by atoms with E-state index in [-0.39, 0.29) is 13.9 Å². The van der Waals surface area contributed by atoms with E-state index in [2.05, 4.69) is 17.0 Å². The van der Waals surface area contributed by atoms with Gasteiger partial charge >= 0.3 is 0 Å². The number of unbranched alkanes of at least 4 members (excludes halogenated alkanes) is 1. The van der Waals surface area contributed by atoms with Gasteiger partial charge in [0.05, 0.1) is 0 Å². The molecule has 0 aromatic heterocycles. The van der Waals surface area contributed by atoms with Crippen molar-refractivity contribution < 1.29 is 11.0 Å². The number of nitrogens with one attached hydrogen (secondary N) is 1. The molecule has 0 aliphatic carbocycles. The van der Waals surface area contributed by atoms with Crippen LogP contribution in [-0.2, 0) is 9.53 Å². The van der Waals surface area contributed by atoms with E-state index in [1.54, 1.807) is 0 Å². The maximum Gasteiger partial charge on any atom is 0.245 e. The first-order valence-corrected chi connectivity index (χ1v) is 4.57. The number of rotatable bonds is 5. The van der Waals surface area contributed by atoms with E-state index in [0.717, 1.165) is 19.4 Å². The fraction of sp³-hybridized carbons (Fsp3) is 0.889. The SMILES string of the molecule is CC.CCCCNC(=O)COC.[HH]. The molecule has 0 fully saturated rings. The number of amides is 1. The van der Waals surface area contributed by atoms with E-state index >= 15 is 0 Å². The molecule has 0 saturated heterocycles. The van der Waals surface area contributed by atoms with Crippen molar-refractivity contribution in [3.63, 3.8) is 0 Å². The highest BCUT2D eigenvalue weighted by molar-refractivity contribution is 5.77. The third kappa shape index (κ3) is 12.1. The Kier molecular flexibility index (Phi) is 15.2. The lowest BCUT2D eigenvalue weighted by Gasteiger charge is -2.01. The number of carbonyl (C=O) groups is 1. The Morgan fingerprint density at radius 3 is 2.50 bits per heavy atom. The van der Waals surface area contributed by atoms with Crippen LogP contribution in [0.25, 0.3) is 0 Å². The summed E-state index contributed by atoms with van der Waals surface area (Å²) in [6.07, 6.45) is 2.14. The first-order valence-electron chi connectivity index (χ1n) is 4.57. The number of methoxy groups -OCH3 is 1. The van der Waals surface area contributed by atoms with Crippen LogP contribution >= 0.6 is 0 Å². The average molecular weight is 177 g/mol. The fourth-order valence-corrected chi connectivity index (χ4v) is 0.587. The minimum Gasteiger partial charge on any atom is -0.375 e. The van der Waals surface area contributed by atoms with Crippen LogP contribution in [0.5, 0.6) is 0 Å². The highest BCUT2D eigenvalue weighted by atomic mass is 16.5. The van der Waals surface area contributed by atoms with E-state index < -0.39 is 0 Å². The number of hydrogen-bond donors (Lipinski definition) is 1. The van der Waals surface area contributed by atoms with Crippen LogP contribution in [-0.4, -0.2) is 26.2 Å². The zero-order chi connectivity index (χ0) is 9.82. The molecule has 0 aliphatic rings. The second-order valence-electron chi connectivity index (χ2n) is 2.14. The van der Waals surface area contributed by atoms with Crippen molar-refractivity contribution >= 4 is 5.91 Å². The normalized spacial score (nSPS) is 8.33. The van der Waals surface area contributed by atoms with E-state index in [9.17, 15) is 4.79 Å². The molecular formula is C9H23NO2. The minimum atomic E-state index is -0.0315. The molecule has 0 spiro atoms. The van der Waals surface area contributed by atoms with Gasteiger partial charge in [-0.05, 0) is 6.42 Å². The molecule has 0 radical (unpaired) electrons. The third-order valence-corrected chi connectivity index (χ3v) is 1.13.